The summed E-state index contributed by atoms with van der Waals surface area (Å²) in [6.07, 6.45) is 1.21. The van der Waals surface area contributed by atoms with Crippen LogP contribution in [0, 0.1) is 6.92 Å². The molecule has 0 aromatic carbocycles. The Balaban J connectivity index is 1.91. The summed E-state index contributed by atoms with van der Waals surface area (Å²) in [5, 5.41) is 6.89. The Hall–Kier alpha value is -0.800. The number of furan rings is 1. The van der Waals surface area contributed by atoms with Crippen LogP contribution in [0.3, 0.4) is 0 Å². The van der Waals surface area contributed by atoms with Crippen LogP contribution in [-0.4, -0.2) is 19.1 Å². The molecular formula is C11H18N2O. The van der Waals surface area contributed by atoms with Crippen molar-refractivity contribution in [2.24, 2.45) is 0 Å². The molecule has 2 atom stereocenters. The van der Waals surface area contributed by atoms with E-state index in [1.807, 2.05) is 13.0 Å². The number of aryl methyl sites for hydroxylation is 1. The molecule has 3 heteroatoms. The topological polar surface area (TPSA) is 37.2 Å². The van der Waals surface area contributed by atoms with E-state index < -0.39 is 0 Å². The van der Waals surface area contributed by atoms with Gasteiger partial charge in [0.1, 0.15) is 11.5 Å². The van der Waals surface area contributed by atoms with E-state index in [9.17, 15) is 0 Å². The van der Waals surface area contributed by atoms with Crippen molar-refractivity contribution in [2.45, 2.75) is 32.4 Å². The van der Waals surface area contributed by atoms with Crippen LogP contribution < -0.4 is 10.6 Å². The normalized spacial score (nSPS) is 24.0. The molecule has 0 radical (unpaired) electrons. The molecule has 3 nitrogen and oxygen atoms in total. The lowest BCUT2D eigenvalue weighted by molar-refractivity contribution is 0.388. The molecule has 0 amide bonds. The highest BCUT2D eigenvalue weighted by atomic mass is 16.3. The van der Waals surface area contributed by atoms with Gasteiger partial charge in [-0.15, -0.1) is 0 Å². The highest BCUT2D eigenvalue weighted by molar-refractivity contribution is 5.09. The van der Waals surface area contributed by atoms with Crippen molar-refractivity contribution in [3.63, 3.8) is 0 Å². The van der Waals surface area contributed by atoms with Crippen molar-refractivity contribution in [3.05, 3.63) is 23.7 Å². The molecule has 78 valence electrons. The molecule has 2 rings (SSSR count). The highest BCUT2D eigenvalue weighted by Gasteiger charge is 2.18. The third kappa shape index (κ3) is 2.16. The molecule has 2 heterocycles. The van der Waals surface area contributed by atoms with Gasteiger partial charge in [0.15, 0.2) is 0 Å². The average molecular weight is 194 g/mol. The summed E-state index contributed by atoms with van der Waals surface area (Å²) >= 11 is 0. The predicted molar refractivity (Wildman–Crippen MR) is 56.3 cm³/mol. The Morgan fingerprint density at radius 1 is 1.57 bits per heavy atom. The fourth-order valence-electron chi connectivity index (χ4n) is 1.92. The van der Waals surface area contributed by atoms with E-state index in [0.29, 0.717) is 12.1 Å². The maximum absolute atomic E-state index is 5.57. The molecule has 0 bridgehead atoms. The average Bonchev–Trinajstić information content (AvgIpc) is 2.75. The summed E-state index contributed by atoms with van der Waals surface area (Å²) in [5.74, 6) is 2.02. The van der Waals surface area contributed by atoms with E-state index in [1.54, 1.807) is 0 Å². The van der Waals surface area contributed by atoms with Crippen LogP contribution in [0.4, 0.5) is 0 Å². The van der Waals surface area contributed by atoms with Gasteiger partial charge in [-0.3, -0.25) is 0 Å². The number of rotatable bonds is 3. The third-order valence-electron chi connectivity index (χ3n) is 2.73. The summed E-state index contributed by atoms with van der Waals surface area (Å²) in [5.41, 5.74) is 0. The zero-order chi connectivity index (χ0) is 9.97. The molecule has 0 aliphatic carbocycles. The number of hydrogen-bond donors (Lipinski definition) is 2. The fourth-order valence-corrected chi connectivity index (χ4v) is 1.92. The van der Waals surface area contributed by atoms with E-state index in [0.717, 1.165) is 24.6 Å². The second kappa shape index (κ2) is 4.15. The SMILES string of the molecule is Cc1ccc(C(C)NC2CCNC2)o1. The van der Waals surface area contributed by atoms with Gasteiger partial charge in [0.05, 0.1) is 6.04 Å². The quantitative estimate of drug-likeness (QED) is 0.767. The van der Waals surface area contributed by atoms with Crippen molar-refractivity contribution in [1.29, 1.82) is 0 Å². The maximum Gasteiger partial charge on any atom is 0.120 e. The van der Waals surface area contributed by atoms with E-state index in [-0.39, 0.29) is 0 Å². The number of hydrogen-bond acceptors (Lipinski definition) is 3. The molecular weight excluding hydrogens is 176 g/mol. The van der Waals surface area contributed by atoms with Gasteiger partial charge in [-0.1, -0.05) is 0 Å². The molecule has 1 aliphatic heterocycles. The Labute approximate surface area is 84.9 Å². The fraction of sp³-hybridized carbons (Fsp3) is 0.636. The lowest BCUT2D eigenvalue weighted by atomic mass is 10.2. The van der Waals surface area contributed by atoms with Crippen LogP contribution in [0.5, 0.6) is 0 Å². The summed E-state index contributed by atoms with van der Waals surface area (Å²) in [6, 6.07) is 4.97. The van der Waals surface area contributed by atoms with Gasteiger partial charge >= 0.3 is 0 Å². The van der Waals surface area contributed by atoms with Gasteiger partial charge in [-0.2, -0.15) is 0 Å². The van der Waals surface area contributed by atoms with Crippen molar-refractivity contribution < 1.29 is 4.42 Å². The van der Waals surface area contributed by atoms with Crippen LogP contribution in [-0.2, 0) is 0 Å². The molecule has 2 N–H and O–H groups in total. The second-order valence-corrected chi connectivity index (χ2v) is 4.03. The minimum atomic E-state index is 0.314. The monoisotopic (exact) mass is 194 g/mol. The molecule has 1 aromatic rings. The summed E-state index contributed by atoms with van der Waals surface area (Å²) in [6.45, 7) is 6.33. The lowest BCUT2D eigenvalue weighted by Crippen LogP contribution is -2.32. The molecule has 2 unspecified atom stereocenters. The first-order valence-corrected chi connectivity index (χ1v) is 5.29. The molecule has 1 aliphatic rings. The minimum absolute atomic E-state index is 0.314. The third-order valence-corrected chi connectivity index (χ3v) is 2.73. The molecule has 0 spiro atoms. The summed E-state index contributed by atoms with van der Waals surface area (Å²) < 4.78 is 5.57. The second-order valence-electron chi connectivity index (χ2n) is 4.03. The smallest absolute Gasteiger partial charge is 0.120 e. The van der Waals surface area contributed by atoms with E-state index in [1.165, 1.54) is 6.42 Å². The zero-order valence-corrected chi connectivity index (χ0v) is 8.84. The number of nitrogens with one attached hydrogen (secondary N) is 2. The van der Waals surface area contributed by atoms with Gasteiger partial charge in [0.25, 0.3) is 0 Å². The first kappa shape index (κ1) is 9.74. The van der Waals surface area contributed by atoms with E-state index in [4.69, 9.17) is 4.42 Å². The van der Waals surface area contributed by atoms with Crippen LogP contribution >= 0.6 is 0 Å². The van der Waals surface area contributed by atoms with Crippen LogP contribution in [0.1, 0.15) is 30.9 Å². The Kier molecular flexibility index (Phi) is 2.89. The predicted octanol–water partition coefficient (Wildman–Crippen LogP) is 1.60. The maximum atomic E-state index is 5.57. The van der Waals surface area contributed by atoms with Crippen molar-refractivity contribution in [1.82, 2.24) is 10.6 Å². The molecule has 1 fully saturated rings. The van der Waals surface area contributed by atoms with Gasteiger partial charge in [0, 0.05) is 12.6 Å². The first-order valence-electron chi connectivity index (χ1n) is 5.29. The van der Waals surface area contributed by atoms with Crippen molar-refractivity contribution in [2.75, 3.05) is 13.1 Å². The molecule has 0 saturated carbocycles. The van der Waals surface area contributed by atoms with Crippen molar-refractivity contribution >= 4 is 0 Å². The van der Waals surface area contributed by atoms with Crippen molar-refractivity contribution in [3.8, 4) is 0 Å². The van der Waals surface area contributed by atoms with Crippen LogP contribution in [0.2, 0.25) is 0 Å². The first-order chi connectivity index (χ1) is 6.75. The Morgan fingerprint density at radius 3 is 3.00 bits per heavy atom. The molecule has 14 heavy (non-hydrogen) atoms. The lowest BCUT2D eigenvalue weighted by Gasteiger charge is -2.16. The van der Waals surface area contributed by atoms with Crippen LogP contribution in [0.15, 0.2) is 16.5 Å². The Bertz CT molecular complexity index is 289. The van der Waals surface area contributed by atoms with Gasteiger partial charge < -0.3 is 15.1 Å². The van der Waals surface area contributed by atoms with E-state index >= 15 is 0 Å². The van der Waals surface area contributed by atoms with Gasteiger partial charge in [0.2, 0.25) is 0 Å². The van der Waals surface area contributed by atoms with E-state index in [2.05, 4.69) is 23.6 Å². The summed E-state index contributed by atoms with van der Waals surface area (Å²) in [7, 11) is 0. The van der Waals surface area contributed by atoms with Crippen LogP contribution in [0.25, 0.3) is 0 Å². The standard InChI is InChI=1S/C11H18N2O/c1-8-3-4-11(14-8)9(2)13-10-5-6-12-7-10/h3-4,9-10,12-13H,5-7H2,1-2H3. The zero-order valence-electron chi connectivity index (χ0n) is 8.84. The largest absolute Gasteiger partial charge is 0.465 e. The Morgan fingerprint density at radius 2 is 2.43 bits per heavy atom. The van der Waals surface area contributed by atoms with Gasteiger partial charge in [-0.05, 0) is 38.9 Å². The highest BCUT2D eigenvalue weighted by Crippen LogP contribution is 2.16. The minimum Gasteiger partial charge on any atom is -0.465 e. The molecule has 1 aromatic heterocycles. The molecule has 1 saturated heterocycles. The van der Waals surface area contributed by atoms with Gasteiger partial charge in [-0.25, -0.2) is 0 Å². The summed E-state index contributed by atoms with van der Waals surface area (Å²) in [4.78, 5) is 0.